The van der Waals surface area contributed by atoms with Gasteiger partial charge in [-0.3, -0.25) is 0 Å². The van der Waals surface area contributed by atoms with Crippen molar-refractivity contribution in [1.29, 1.82) is 0 Å². The van der Waals surface area contributed by atoms with Crippen molar-refractivity contribution in [2.24, 2.45) is 4.99 Å². The van der Waals surface area contributed by atoms with Gasteiger partial charge in [-0.15, -0.1) is 0 Å². The van der Waals surface area contributed by atoms with Crippen molar-refractivity contribution in [2.45, 2.75) is 33.7 Å². The van der Waals surface area contributed by atoms with Gasteiger partial charge >= 0.3 is 0 Å². The number of hydrogen-bond donors (Lipinski definition) is 2. The molecule has 0 heterocycles. The fourth-order valence-electron chi connectivity index (χ4n) is 2.34. The van der Waals surface area contributed by atoms with Crippen LogP contribution in [0.3, 0.4) is 0 Å². The maximum atomic E-state index is 13.3. The molecule has 0 bridgehead atoms. The second kappa shape index (κ2) is 10.4. The Bertz CT molecular complexity index is 677. The summed E-state index contributed by atoms with van der Waals surface area (Å²) in [6, 6.07) is 4.96. The van der Waals surface area contributed by atoms with Gasteiger partial charge in [-0.1, -0.05) is 19.1 Å². The van der Waals surface area contributed by atoms with Crippen molar-refractivity contribution in [3.8, 4) is 0 Å². The van der Waals surface area contributed by atoms with Crippen molar-refractivity contribution < 1.29 is 12.8 Å². The lowest BCUT2D eigenvalue weighted by Crippen LogP contribution is -2.39. The lowest BCUT2D eigenvalue weighted by Gasteiger charge is -2.18. The molecule has 0 aliphatic rings. The molecule has 25 heavy (non-hydrogen) atoms. The number of halogens is 1. The maximum absolute atomic E-state index is 13.3. The highest BCUT2D eigenvalue weighted by atomic mass is 32.2. The molecular weight excluding hydrogens is 343 g/mol. The van der Waals surface area contributed by atoms with Gasteiger partial charge in [0, 0.05) is 26.2 Å². The third-order valence-corrected chi connectivity index (χ3v) is 5.06. The number of aliphatic imine (C=N–C) groups is 1. The largest absolute Gasteiger partial charge is 0.357 e. The van der Waals surface area contributed by atoms with Crippen LogP contribution in [0.25, 0.3) is 0 Å². The Morgan fingerprint density at radius 1 is 1.28 bits per heavy atom. The number of nitrogens with one attached hydrogen (secondary N) is 2. The van der Waals surface area contributed by atoms with Gasteiger partial charge in [0.2, 0.25) is 10.0 Å². The highest BCUT2D eigenvalue weighted by Crippen LogP contribution is 2.10. The van der Waals surface area contributed by atoms with Crippen LogP contribution in [-0.4, -0.2) is 51.1 Å². The predicted molar refractivity (Wildman–Crippen MR) is 101 cm³/mol. The molecule has 0 aromatic heterocycles. The average molecular weight is 373 g/mol. The zero-order valence-corrected chi connectivity index (χ0v) is 16.3. The molecule has 1 aromatic carbocycles. The minimum atomic E-state index is -3.15. The molecule has 0 saturated carbocycles. The van der Waals surface area contributed by atoms with Crippen LogP contribution >= 0.6 is 0 Å². The highest BCUT2D eigenvalue weighted by Gasteiger charge is 2.13. The first-order chi connectivity index (χ1) is 11.8. The van der Waals surface area contributed by atoms with E-state index in [2.05, 4.69) is 15.6 Å². The number of sulfonamides is 1. The van der Waals surface area contributed by atoms with Gasteiger partial charge in [-0.2, -0.15) is 0 Å². The molecule has 0 fully saturated rings. The first-order valence-electron chi connectivity index (χ1n) is 8.50. The molecule has 0 unspecified atom stereocenters. The highest BCUT2D eigenvalue weighted by molar-refractivity contribution is 7.88. The number of rotatable bonds is 9. The van der Waals surface area contributed by atoms with E-state index < -0.39 is 10.0 Å². The minimum Gasteiger partial charge on any atom is -0.357 e. The average Bonchev–Trinajstić information content (AvgIpc) is 2.54. The van der Waals surface area contributed by atoms with Crippen molar-refractivity contribution in [3.63, 3.8) is 0 Å². The quantitative estimate of drug-likeness (QED) is 0.394. The molecule has 0 amide bonds. The summed E-state index contributed by atoms with van der Waals surface area (Å²) in [5.74, 6) is 0.441. The summed E-state index contributed by atoms with van der Waals surface area (Å²) in [5, 5.41) is 6.34. The lowest BCUT2D eigenvalue weighted by molar-refractivity contribution is 0.424. The Hall–Kier alpha value is -1.67. The smallest absolute Gasteiger partial charge is 0.211 e. The molecule has 0 aliphatic heterocycles. The van der Waals surface area contributed by atoms with E-state index >= 15 is 0 Å². The summed E-state index contributed by atoms with van der Waals surface area (Å²) in [7, 11) is -3.15. The summed E-state index contributed by atoms with van der Waals surface area (Å²) in [5.41, 5.74) is 1.54. The molecule has 1 rings (SSSR count). The Kier molecular flexibility index (Phi) is 8.85. The van der Waals surface area contributed by atoms with Gasteiger partial charge in [0.25, 0.3) is 0 Å². The van der Waals surface area contributed by atoms with Gasteiger partial charge in [0.1, 0.15) is 5.82 Å². The van der Waals surface area contributed by atoms with E-state index in [1.807, 2.05) is 13.8 Å². The second-order valence-corrected chi connectivity index (χ2v) is 7.80. The Labute approximate surface area is 150 Å². The first-order valence-corrected chi connectivity index (χ1v) is 10.3. The van der Waals surface area contributed by atoms with E-state index in [0.29, 0.717) is 44.1 Å². The first kappa shape index (κ1) is 21.4. The van der Waals surface area contributed by atoms with E-state index in [1.165, 1.54) is 16.6 Å². The third-order valence-electron chi connectivity index (χ3n) is 3.68. The van der Waals surface area contributed by atoms with Crippen LogP contribution in [0.1, 0.15) is 31.4 Å². The zero-order chi connectivity index (χ0) is 18.9. The van der Waals surface area contributed by atoms with Gasteiger partial charge in [0.05, 0.1) is 12.8 Å². The topological polar surface area (TPSA) is 73.8 Å². The summed E-state index contributed by atoms with van der Waals surface area (Å²) < 4.78 is 37.8. The predicted octanol–water partition coefficient (Wildman–Crippen LogP) is 1.86. The Morgan fingerprint density at radius 3 is 2.56 bits per heavy atom. The zero-order valence-electron chi connectivity index (χ0n) is 15.5. The molecule has 0 atom stereocenters. The van der Waals surface area contributed by atoms with E-state index in [4.69, 9.17) is 0 Å². The molecule has 2 N–H and O–H groups in total. The van der Waals surface area contributed by atoms with Crippen molar-refractivity contribution in [1.82, 2.24) is 14.9 Å². The summed E-state index contributed by atoms with van der Waals surface area (Å²) in [4.78, 5) is 4.48. The fourth-order valence-corrected chi connectivity index (χ4v) is 3.27. The fraction of sp³-hybridized carbons (Fsp3) is 0.588. The molecule has 6 nitrogen and oxygen atoms in total. The van der Waals surface area contributed by atoms with E-state index in [-0.39, 0.29) is 5.82 Å². The van der Waals surface area contributed by atoms with Crippen LogP contribution in [0.15, 0.2) is 23.2 Å². The van der Waals surface area contributed by atoms with E-state index in [1.54, 1.807) is 19.1 Å². The van der Waals surface area contributed by atoms with Crippen LogP contribution in [0.2, 0.25) is 0 Å². The van der Waals surface area contributed by atoms with Crippen LogP contribution in [0, 0.1) is 12.7 Å². The van der Waals surface area contributed by atoms with Crippen LogP contribution in [0.5, 0.6) is 0 Å². The molecule has 0 spiro atoms. The summed E-state index contributed by atoms with van der Waals surface area (Å²) >= 11 is 0. The number of benzene rings is 1. The van der Waals surface area contributed by atoms with Gasteiger partial charge in [-0.25, -0.2) is 22.1 Å². The molecule has 1 aromatic rings. The summed E-state index contributed by atoms with van der Waals surface area (Å²) in [6.07, 6.45) is 1.90. The van der Waals surface area contributed by atoms with E-state index in [0.717, 1.165) is 12.1 Å². The van der Waals surface area contributed by atoms with Crippen LogP contribution in [-0.2, 0) is 16.6 Å². The normalized spacial score (nSPS) is 12.5. The van der Waals surface area contributed by atoms with Crippen molar-refractivity contribution in [3.05, 3.63) is 35.1 Å². The lowest BCUT2D eigenvalue weighted by atomic mass is 10.1. The summed E-state index contributed by atoms with van der Waals surface area (Å²) in [6.45, 7) is 8.25. The van der Waals surface area contributed by atoms with Gasteiger partial charge < -0.3 is 10.6 Å². The molecule has 8 heteroatoms. The molecular formula is C17H29FN4O2S. The van der Waals surface area contributed by atoms with Crippen LogP contribution in [0.4, 0.5) is 4.39 Å². The third kappa shape index (κ3) is 7.83. The monoisotopic (exact) mass is 372 g/mol. The van der Waals surface area contributed by atoms with Gasteiger partial charge in [0.15, 0.2) is 5.96 Å². The SMILES string of the molecule is CCNC(=NCc1ccc(F)c(C)c1)NCCCN(CC)S(C)(=O)=O. The Balaban J connectivity index is 2.54. The standard InChI is InChI=1S/C17H29FN4O2S/c1-5-19-17(20-10-7-11-22(6-2)25(4,23)24)21-13-15-8-9-16(18)14(3)12-15/h8-9,12H,5-7,10-11,13H2,1-4H3,(H2,19,20,21). The molecule has 0 radical (unpaired) electrons. The van der Waals surface area contributed by atoms with E-state index in [9.17, 15) is 12.8 Å². The molecule has 0 aliphatic carbocycles. The van der Waals surface area contributed by atoms with Gasteiger partial charge in [-0.05, 0) is 37.5 Å². The Morgan fingerprint density at radius 2 is 2.00 bits per heavy atom. The number of hydrogen-bond acceptors (Lipinski definition) is 3. The van der Waals surface area contributed by atoms with Crippen molar-refractivity contribution >= 4 is 16.0 Å². The second-order valence-electron chi connectivity index (χ2n) is 5.81. The molecule has 0 saturated heterocycles. The number of guanidine groups is 1. The maximum Gasteiger partial charge on any atom is 0.211 e. The van der Waals surface area contributed by atoms with Crippen LogP contribution < -0.4 is 10.6 Å². The number of nitrogens with zero attached hydrogens (tertiary/aromatic N) is 2. The minimum absolute atomic E-state index is 0.218. The van der Waals surface area contributed by atoms with Crippen molar-refractivity contribution in [2.75, 3.05) is 32.4 Å². The molecule has 142 valence electrons. The number of aryl methyl sites for hydroxylation is 1.